The molecule has 0 heteroatoms. The molecule has 92 valence electrons. The molecule has 1 atom stereocenters. The Hall–Kier alpha value is -1.04. The first kappa shape index (κ1) is 12.4. The van der Waals surface area contributed by atoms with Gasteiger partial charge in [-0.15, -0.1) is 0 Å². The summed E-state index contributed by atoms with van der Waals surface area (Å²) >= 11 is 0. The fraction of sp³-hybridized carbons (Fsp3) is 0.529. The summed E-state index contributed by atoms with van der Waals surface area (Å²) in [6, 6.07) is 8.95. The van der Waals surface area contributed by atoms with E-state index >= 15 is 0 Å². The molecule has 0 radical (unpaired) electrons. The summed E-state index contributed by atoms with van der Waals surface area (Å²) in [5.41, 5.74) is 4.76. The van der Waals surface area contributed by atoms with Gasteiger partial charge in [0.15, 0.2) is 0 Å². The van der Waals surface area contributed by atoms with Crippen LogP contribution in [0.3, 0.4) is 0 Å². The van der Waals surface area contributed by atoms with E-state index in [0.717, 1.165) is 5.92 Å². The third-order valence-corrected chi connectivity index (χ3v) is 4.06. The van der Waals surface area contributed by atoms with E-state index in [1.54, 1.807) is 5.57 Å². The first-order chi connectivity index (χ1) is 7.97. The molecule has 1 aromatic rings. The van der Waals surface area contributed by atoms with E-state index in [0.29, 0.717) is 5.41 Å². The van der Waals surface area contributed by atoms with Crippen LogP contribution < -0.4 is 0 Å². The van der Waals surface area contributed by atoms with E-state index in [9.17, 15) is 0 Å². The molecule has 0 saturated heterocycles. The maximum atomic E-state index is 2.46. The summed E-state index contributed by atoms with van der Waals surface area (Å²) in [5, 5.41) is 0. The van der Waals surface area contributed by atoms with Gasteiger partial charge in [-0.05, 0) is 48.7 Å². The predicted molar refractivity (Wildman–Crippen MR) is 76.0 cm³/mol. The highest BCUT2D eigenvalue weighted by atomic mass is 14.3. The maximum absolute atomic E-state index is 2.46. The van der Waals surface area contributed by atoms with Crippen LogP contribution in [-0.4, -0.2) is 0 Å². The Balaban J connectivity index is 2.11. The summed E-state index contributed by atoms with van der Waals surface area (Å²) in [4.78, 5) is 0. The molecule has 0 fully saturated rings. The van der Waals surface area contributed by atoms with Crippen LogP contribution in [0.15, 0.2) is 30.3 Å². The molecule has 0 aromatic heterocycles. The van der Waals surface area contributed by atoms with Crippen molar-refractivity contribution < 1.29 is 0 Å². The molecular formula is C17H24. The lowest BCUT2D eigenvalue weighted by Crippen LogP contribution is -2.21. The van der Waals surface area contributed by atoms with Crippen molar-refractivity contribution in [2.24, 2.45) is 11.3 Å². The largest absolute Gasteiger partial charge is 0.0804 e. The summed E-state index contributed by atoms with van der Waals surface area (Å²) in [6.07, 6.45) is 6.28. The second-order valence-corrected chi connectivity index (χ2v) is 6.43. The van der Waals surface area contributed by atoms with Gasteiger partial charge >= 0.3 is 0 Å². The zero-order valence-electron chi connectivity index (χ0n) is 11.6. The summed E-state index contributed by atoms with van der Waals surface area (Å²) in [6.45, 7) is 9.24. The molecule has 0 bridgehead atoms. The van der Waals surface area contributed by atoms with Crippen LogP contribution in [0.1, 0.15) is 51.2 Å². The van der Waals surface area contributed by atoms with Gasteiger partial charge in [-0.3, -0.25) is 0 Å². The SMILES string of the molecule is Cc1ccc(C2=CCC(C(C)(C)C)CC2)cc1. The third-order valence-electron chi connectivity index (χ3n) is 4.06. The maximum Gasteiger partial charge on any atom is -0.0228 e. The molecule has 0 saturated carbocycles. The molecule has 1 aliphatic carbocycles. The Bertz CT molecular complexity index is 401. The molecule has 0 N–H and O–H groups in total. The average Bonchev–Trinajstić information content (AvgIpc) is 2.29. The molecule has 1 aliphatic rings. The first-order valence-electron chi connectivity index (χ1n) is 6.73. The van der Waals surface area contributed by atoms with Crippen LogP contribution in [0.25, 0.3) is 5.57 Å². The Kier molecular flexibility index (Phi) is 3.42. The second kappa shape index (κ2) is 4.68. The van der Waals surface area contributed by atoms with Crippen molar-refractivity contribution in [3.8, 4) is 0 Å². The van der Waals surface area contributed by atoms with E-state index in [1.165, 1.54) is 30.4 Å². The van der Waals surface area contributed by atoms with Crippen molar-refractivity contribution in [3.05, 3.63) is 41.5 Å². The highest BCUT2D eigenvalue weighted by Gasteiger charge is 2.26. The second-order valence-electron chi connectivity index (χ2n) is 6.43. The standard InChI is InChI=1S/C17H24/c1-13-5-7-14(8-6-13)15-9-11-16(12-10-15)17(2,3)4/h5-9,16H,10-12H2,1-4H3. The molecule has 1 aromatic carbocycles. The zero-order valence-corrected chi connectivity index (χ0v) is 11.6. The molecule has 0 amide bonds. The first-order valence-corrected chi connectivity index (χ1v) is 6.73. The number of benzene rings is 1. The van der Waals surface area contributed by atoms with Gasteiger partial charge in [0, 0.05) is 0 Å². The number of hydrogen-bond acceptors (Lipinski definition) is 0. The van der Waals surface area contributed by atoms with Gasteiger partial charge in [0.25, 0.3) is 0 Å². The van der Waals surface area contributed by atoms with Gasteiger partial charge in [0.1, 0.15) is 0 Å². The van der Waals surface area contributed by atoms with Gasteiger partial charge in [-0.1, -0.05) is 56.7 Å². The summed E-state index contributed by atoms with van der Waals surface area (Å²) in [7, 11) is 0. The van der Waals surface area contributed by atoms with Crippen LogP contribution in [-0.2, 0) is 0 Å². The third kappa shape index (κ3) is 3.00. The molecule has 17 heavy (non-hydrogen) atoms. The minimum atomic E-state index is 0.454. The molecule has 0 nitrogen and oxygen atoms in total. The van der Waals surface area contributed by atoms with E-state index in [1.807, 2.05) is 0 Å². The molecule has 0 aliphatic heterocycles. The lowest BCUT2D eigenvalue weighted by Gasteiger charge is -2.33. The van der Waals surface area contributed by atoms with E-state index in [-0.39, 0.29) is 0 Å². The van der Waals surface area contributed by atoms with E-state index < -0.39 is 0 Å². The molecule has 1 unspecified atom stereocenters. The normalized spacial score (nSPS) is 21.2. The van der Waals surface area contributed by atoms with Crippen LogP contribution in [0.2, 0.25) is 0 Å². The summed E-state index contributed by atoms with van der Waals surface area (Å²) < 4.78 is 0. The number of allylic oxidation sites excluding steroid dienone is 2. The van der Waals surface area contributed by atoms with Crippen molar-refractivity contribution >= 4 is 5.57 Å². The van der Waals surface area contributed by atoms with Gasteiger partial charge in [0.05, 0.1) is 0 Å². The monoisotopic (exact) mass is 228 g/mol. The minimum absolute atomic E-state index is 0.454. The molecule has 2 rings (SSSR count). The minimum Gasteiger partial charge on any atom is -0.0804 e. The number of aryl methyl sites for hydroxylation is 1. The highest BCUT2D eigenvalue weighted by Crippen LogP contribution is 2.39. The van der Waals surface area contributed by atoms with Gasteiger partial charge in [-0.25, -0.2) is 0 Å². The van der Waals surface area contributed by atoms with Gasteiger partial charge in [0.2, 0.25) is 0 Å². The van der Waals surface area contributed by atoms with Crippen molar-refractivity contribution in [1.29, 1.82) is 0 Å². The van der Waals surface area contributed by atoms with Crippen molar-refractivity contribution in [3.63, 3.8) is 0 Å². The summed E-state index contributed by atoms with van der Waals surface area (Å²) in [5.74, 6) is 0.844. The van der Waals surface area contributed by atoms with Crippen LogP contribution in [0, 0.1) is 18.3 Å². The zero-order chi connectivity index (χ0) is 12.5. The number of hydrogen-bond donors (Lipinski definition) is 0. The highest BCUT2D eigenvalue weighted by molar-refractivity contribution is 5.66. The van der Waals surface area contributed by atoms with Gasteiger partial charge < -0.3 is 0 Å². The Labute approximate surface area is 106 Å². The Morgan fingerprint density at radius 3 is 2.18 bits per heavy atom. The lowest BCUT2D eigenvalue weighted by atomic mass is 9.72. The van der Waals surface area contributed by atoms with Crippen LogP contribution in [0.4, 0.5) is 0 Å². The quantitative estimate of drug-likeness (QED) is 0.618. The molecular weight excluding hydrogens is 204 g/mol. The fourth-order valence-corrected chi connectivity index (χ4v) is 2.65. The van der Waals surface area contributed by atoms with Crippen molar-refractivity contribution in [2.75, 3.05) is 0 Å². The van der Waals surface area contributed by atoms with Gasteiger partial charge in [-0.2, -0.15) is 0 Å². The molecule has 0 heterocycles. The van der Waals surface area contributed by atoms with E-state index in [4.69, 9.17) is 0 Å². The average molecular weight is 228 g/mol. The lowest BCUT2D eigenvalue weighted by molar-refractivity contribution is 0.225. The van der Waals surface area contributed by atoms with Crippen molar-refractivity contribution in [1.82, 2.24) is 0 Å². The Morgan fingerprint density at radius 2 is 1.71 bits per heavy atom. The van der Waals surface area contributed by atoms with Crippen LogP contribution >= 0.6 is 0 Å². The fourth-order valence-electron chi connectivity index (χ4n) is 2.65. The molecule has 0 spiro atoms. The Morgan fingerprint density at radius 1 is 1.06 bits per heavy atom. The van der Waals surface area contributed by atoms with Crippen molar-refractivity contribution in [2.45, 2.75) is 47.0 Å². The number of rotatable bonds is 1. The van der Waals surface area contributed by atoms with E-state index in [2.05, 4.69) is 58.0 Å². The smallest absolute Gasteiger partial charge is 0.0228 e. The predicted octanol–water partition coefficient (Wildman–Crippen LogP) is 5.22. The topological polar surface area (TPSA) is 0 Å². The van der Waals surface area contributed by atoms with Crippen LogP contribution in [0.5, 0.6) is 0 Å².